The molecule has 0 saturated carbocycles. The third-order valence-electron chi connectivity index (χ3n) is 2.65. The number of aliphatic hydroxyl groups is 1. The molecule has 1 rings (SSSR count). The van der Waals surface area contributed by atoms with Gasteiger partial charge in [-0.1, -0.05) is 17.9 Å². The number of aliphatic hydroxyl groups excluding tert-OH is 1. The average Bonchev–Trinajstić information content (AvgIpc) is 2.37. The highest BCUT2D eigenvalue weighted by Crippen LogP contribution is 2.13. The van der Waals surface area contributed by atoms with Crippen LogP contribution in [0.15, 0.2) is 12.7 Å². The molecule has 0 spiro atoms. The van der Waals surface area contributed by atoms with Crippen molar-refractivity contribution in [3.05, 3.63) is 12.7 Å². The van der Waals surface area contributed by atoms with Gasteiger partial charge in [0.1, 0.15) is 6.61 Å². The summed E-state index contributed by atoms with van der Waals surface area (Å²) in [5.41, 5.74) is 0. The first-order valence-electron chi connectivity index (χ1n) is 6.31. The molecule has 3 heteroatoms. The van der Waals surface area contributed by atoms with E-state index in [9.17, 15) is 5.11 Å². The largest absolute Gasteiger partial charge is 0.392 e. The summed E-state index contributed by atoms with van der Waals surface area (Å²) in [5, 5.41) is 9.51. The van der Waals surface area contributed by atoms with Crippen molar-refractivity contribution in [3.63, 3.8) is 0 Å². The number of ether oxygens (including phenoxy) is 2. The summed E-state index contributed by atoms with van der Waals surface area (Å²) in [4.78, 5) is 0. The fourth-order valence-corrected chi connectivity index (χ4v) is 1.63. The lowest BCUT2D eigenvalue weighted by molar-refractivity contribution is -0.154. The summed E-state index contributed by atoms with van der Waals surface area (Å²) in [7, 11) is 0. The zero-order valence-corrected chi connectivity index (χ0v) is 10.4. The van der Waals surface area contributed by atoms with Crippen molar-refractivity contribution in [2.24, 2.45) is 0 Å². The van der Waals surface area contributed by atoms with Crippen molar-refractivity contribution in [2.75, 3.05) is 13.2 Å². The molecule has 3 nitrogen and oxygen atoms in total. The Morgan fingerprint density at radius 3 is 3.06 bits per heavy atom. The van der Waals surface area contributed by atoms with Crippen molar-refractivity contribution < 1.29 is 14.6 Å². The Morgan fingerprint density at radius 1 is 1.47 bits per heavy atom. The first-order chi connectivity index (χ1) is 8.33. The third-order valence-corrected chi connectivity index (χ3v) is 2.65. The fourth-order valence-electron chi connectivity index (χ4n) is 1.63. The smallest absolute Gasteiger partial charge is 0.158 e. The zero-order valence-electron chi connectivity index (χ0n) is 10.4. The summed E-state index contributed by atoms with van der Waals surface area (Å²) in [6, 6.07) is 0. The van der Waals surface area contributed by atoms with Crippen LogP contribution in [0.25, 0.3) is 0 Å². The van der Waals surface area contributed by atoms with Gasteiger partial charge in [-0.25, -0.2) is 0 Å². The maximum atomic E-state index is 9.51. The van der Waals surface area contributed by atoms with Gasteiger partial charge in [-0.05, 0) is 32.1 Å². The number of hydrogen-bond acceptors (Lipinski definition) is 3. The summed E-state index contributed by atoms with van der Waals surface area (Å²) < 4.78 is 10.9. The standard InChI is InChI=1S/C14H22O3/c1-2-3-8-13(15)9-4-6-11-16-14-10-5-7-12-17-14/h2,13-15H,1,3,5,7-12H2. The number of allylic oxidation sites excluding steroid dienone is 1. The van der Waals surface area contributed by atoms with Gasteiger partial charge in [0, 0.05) is 13.0 Å². The SMILES string of the molecule is C=CCCC(O)CC#CCOC1CCCCO1. The Kier molecular flexibility index (Phi) is 7.74. The minimum atomic E-state index is -0.355. The molecule has 1 fully saturated rings. The second-order valence-electron chi connectivity index (χ2n) is 4.18. The normalized spacial score (nSPS) is 21.4. The Morgan fingerprint density at radius 2 is 2.35 bits per heavy atom. The molecule has 0 bridgehead atoms. The highest BCUT2D eigenvalue weighted by atomic mass is 16.7. The summed E-state index contributed by atoms with van der Waals surface area (Å²) in [6.45, 7) is 4.79. The van der Waals surface area contributed by atoms with Crippen molar-refractivity contribution in [1.29, 1.82) is 0 Å². The zero-order chi connectivity index (χ0) is 12.3. The van der Waals surface area contributed by atoms with Gasteiger partial charge in [-0.15, -0.1) is 6.58 Å². The van der Waals surface area contributed by atoms with Crippen molar-refractivity contribution in [1.82, 2.24) is 0 Å². The molecule has 1 aliphatic rings. The van der Waals surface area contributed by atoms with E-state index in [1.165, 1.54) is 6.42 Å². The number of hydrogen-bond donors (Lipinski definition) is 1. The van der Waals surface area contributed by atoms with Crippen LogP contribution in [0.1, 0.15) is 38.5 Å². The van der Waals surface area contributed by atoms with Gasteiger partial charge in [0.2, 0.25) is 0 Å². The summed E-state index contributed by atoms with van der Waals surface area (Å²) in [5.74, 6) is 5.82. The predicted molar refractivity (Wildman–Crippen MR) is 67.4 cm³/mol. The lowest BCUT2D eigenvalue weighted by atomic mass is 10.1. The summed E-state index contributed by atoms with van der Waals surface area (Å²) in [6.07, 6.45) is 6.68. The first kappa shape index (κ1) is 14.2. The molecule has 0 aromatic rings. The molecule has 2 unspecified atom stereocenters. The van der Waals surface area contributed by atoms with E-state index < -0.39 is 0 Å². The van der Waals surface area contributed by atoms with Gasteiger partial charge in [0.25, 0.3) is 0 Å². The fraction of sp³-hybridized carbons (Fsp3) is 0.714. The highest BCUT2D eigenvalue weighted by Gasteiger charge is 2.12. The van der Waals surface area contributed by atoms with Gasteiger partial charge in [-0.2, -0.15) is 0 Å². The predicted octanol–water partition coefficient (Wildman–Crippen LogP) is 2.25. The van der Waals surface area contributed by atoms with E-state index >= 15 is 0 Å². The van der Waals surface area contributed by atoms with E-state index in [2.05, 4.69) is 18.4 Å². The molecule has 1 heterocycles. The topological polar surface area (TPSA) is 38.7 Å². The molecule has 1 aliphatic heterocycles. The minimum Gasteiger partial charge on any atom is -0.392 e. The molecule has 1 N–H and O–H groups in total. The third kappa shape index (κ3) is 7.17. The van der Waals surface area contributed by atoms with E-state index in [-0.39, 0.29) is 12.4 Å². The van der Waals surface area contributed by atoms with Crippen LogP contribution >= 0.6 is 0 Å². The monoisotopic (exact) mass is 238 g/mol. The van der Waals surface area contributed by atoms with Crippen molar-refractivity contribution in [2.45, 2.75) is 50.9 Å². The van der Waals surface area contributed by atoms with Gasteiger partial charge < -0.3 is 14.6 Å². The molecule has 0 aromatic heterocycles. The van der Waals surface area contributed by atoms with E-state index in [4.69, 9.17) is 9.47 Å². The van der Waals surface area contributed by atoms with Crippen molar-refractivity contribution in [3.8, 4) is 11.8 Å². The Balaban J connectivity index is 2.03. The van der Waals surface area contributed by atoms with Gasteiger partial charge in [0.05, 0.1) is 6.10 Å². The molecular weight excluding hydrogens is 216 g/mol. The van der Waals surface area contributed by atoms with Crippen molar-refractivity contribution >= 4 is 0 Å². The molecule has 2 atom stereocenters. The molecule has 0 aliphatic carbocycles. The van der Waals surface area contributed by atoms with Gasteiger partial charge in [-0.3, -0.25) is 0 Å². The second-order valence-corrected chi connectivity index (χ2v) is 4.18. The quantitative estimate of drug-likeness (QED) is 0.570. The van der Waals surface area contributed by atoms with Gasteiger partial charge in [0.15, 0.2) is 6.29 Å². The van der Waals surface area contributed by atoms with E-state index in [0.717, 1.165) is 32.3 Å². The average molecular weight is 238 g/mol. The van der Waals surface area contributed by atoms with Crippen LogP contribution in [0.3, 0.4) is 0 Å². The Bertz CT molecular complexity index is 258. The molecule has 0 radical (unpaired) electrons. The molecule has 17 heavy (non-hydrogen) atoms. The van der Waals surface area contributed by atoms with E-state index in [0.29, 0.717) is 13.0 Å². The molecule has 0 aromatic carbocycles. The molecule has 96 valence electrons. The Labute approximate surface area is 104 Å². The molecular formula is C14H22O3. The lowest BCUT2D eigenvalue weighted by Crippen LogP contribution is -2.22. The highest BCUT2D eigenvalue weighted by molar-refractivity contribution is 5.00. The number of rotatable bonds is 6. The molecule has 0 amide bonds. The molecule has 1 saturated heterocycles. The maximum Gasteiger partial charge on any atom is 0.158 e. The van der Waals surface area contributed by atoms with Crippen LogP contribution in [0.5, 0.6) is 0 Å². The lowest BCUT2D eigenvalue weighted by Gasteiger charge is -2.21. The van der Waals surface area contributed by atoms with Crippen LogP contribution in [-0.4, -0.2) is 30.7 Å². The maximum absolute atomic E-state index is 9.51. The second kappa shape index (κ2) is 9.23. The summed E-state index contributed by atoms with van der Waals surface area (Å²) >= 11 is 0. The van der Waals surface area contributed by atoms with Crippen LogP contribution in [0.2, 0.25) is 0 Å². The minimum absolute atomic E-state index is 0.0799. The van der Waals surface area contributed by atoms with E-state index in [1.807, 2.05) is 0 Å². The Hall–Kier alpha value is -0.820. The van der Waals surface area contributed by atoms with Crippen LogP contribution in [-0.2, 0) is 9.47 Å². The van der Waals surface area contributed by atoms with E-state index in [1.54, 1.807) is 6.08 Å². The van der Waals surface area contributed by atoms with Crippen LogP contribution < -0.4 is 0 Å². The van der Waals surface area contributed by atoms with Crippen LogP contribution in [0, 0.1) is 11.8 Å². The van der Waals surface area contributed by atoms with Gasteiger partial charge >= 0.3 is 0 Å². The first-order valence-corrected chi connectivity index (χ1v) is 6.31. The van der Waals surface area contributed by atoms with Crippen LogP contribution in [0.4, 0.5) is 0 Å².